The second-order valence-corrected chi connectivity index (χ2v) is 9.13. The summed E-state index contributed by atoms with van der Waals surface area (Å²) in [5.41, 5.74) is 0.705. The summed E-state index contributed by atoms with van der Waals surface area (Å²) in [7, 11) is 1.80. The number of ether oxygens (including phenoxy) is 2. The van der Waals surface area contributed by atoms with E-state index in [1.165, 1.54) is 0 Å². The van der Waals surface area contributed by atoms with Gasteiger partial charge in [-0.25, -0.2) is 4.98 Å². The molecule has 0 aliphatic carbocycles. The van der Waals surface area contributed by atoms with Gasteiger partial charge < -0.3 is 14.4 Å². The van der Waals surface area contributed by atoms with E-state index in [-0.39, 0.29) is 12.0 Å². The SMILES string of the molecule is CO[C@H]1CCN2C[C@H]1CCCCN(Cc1nccs1)CCOc1cccc(c1)C2=O. The lowest BCUT2D eigenvalue weighted by atomic mass is 9.89. The molecule has 0 radical (unpaired) electrons. The van der Waals surface area contributed by atoms with Gasteiger partial charge in [-0.05, 0) is 44.0 Å². The number of fused-ring (bicyclic) bond motifs is 4. The third-order valence-corrected chi connectivity index (χ3v) is 6.92. The molecule has 6 nitrogen and oxygen atoms in total. The van der Waals surface area contributed by atoms with Gasteiger partial charge >= 0.3 is 0 Å². The molecule has 4 bridgehead atoms. The van der Waals surface area contributed by atoms with Crippen LogP contribution in [0.15, 0.2) is 35.8 Å². The van der Waals surface area contributed by atoms with Crippen LogP contribution in [0.4, 0.5) is 0 Å². The number of benzene rings is 1. The third-order valence-electron chi connectivity index (χ3n) is 6.15. The highest BCUT2D eigenvalue weighted by atomic mass is 32.1. The van der Waals surface area contributed by atoms with Gasteiger partial charge in [0.05, 0.1) is 12.6 Å². The van der Waals surface area contributed by atoms with Crippen molar-refractivity contribution in [3.63, 3.8) is 0 Å². The van der Waals surface area contributed by atoms with Crippen molar-refractivity contribution >= 4 is 17.2 Å². The zero-order valence-corrected chi connectivity index (χ0v) is 18.5. The Balaban J connectivity index is 1.50. The largest absolute Gasteiger partial charge is 0.492 e. The van der Waals surface area contributed by atoms with Crippen LogP contribution >= 0.6 is 11.3 Å². The summed E-state index contributed by atoms with van der Waals surface area (Å²) in [6.07, 6.45) is 6.36. The predicted molar refractivity (Wildman–Crippen MR) is 118 cm³/mol. The summed E-state index contributed by atoms with van der Waals surface area (Å²) in [6.45, 7) is 4.84. The Bertz CT molecular complexity index is 814. The van der Waals surface area contributed by atoms with Crippen LogP contribution in [0.3, 0.4) is 0 Å². The van der Waals surface area contributed by atoms with Gasteiger partial charge in [-0.3, -0.25) is 9.69 Å². The van der Waals surface area contributed by atoms with Crippen molar-refractivity contribution in [3.8, 4) is 5.75 Å². The fraction of sp³-hybridized carbons (Fsp3) is 0.565. The molecule has 7 heteroatoms. The van der Waals surface area contributed by atoms with Crippen LogP contribution in [0, 0.1) is 5.92 Å². The van der Waals surface area contributed by atoms with Crippen LogP contribution in [0.25, 0.3) is 0 Å². The van der Waals surface area contributed by atoms with Gasteiger partial charge in [0.25, 0.3) is 5.91 Å². The first-order valence-electron chi connectivity index (χ1n) is 10.9. The maximum Gasteiger partial charge on any atom is 0.254 e. The van der Waals surface area contributed by atoms with Gasteiger partial charge in [-0.15, -0.1) is 11.3 Å². The average Bonchev–Trinajstić information content (AvgIpc) is 3.28. The fourth-order valence-electron chi connectivity index (χ4n) is 4.51. The van der Waals surface area contributed by atoms with Gasteiger partial charge in [0.1, 0.15) is 17.4 Å². The smallest absolute Gasteiger partial charge is 0.254 e. The number of hydrogen-bond donors (Lipinski definition) is 0. The zero-order chi connectivity index (χ0) is 20.8. The molecule has 0 spiro atoms. The van der Waals surface area contributed by atoms with Crippen molar-refractivity contribution in [1.82, 2.24) is 14.8 Å². The molecule has 0 saturated carbocycles. The lowest BCUT2D eigenvalue weighted by Crippen LogP contribution is -2.46. The number of rotatable bonds is 3. The minimum Gasteiger partial charge on any atom is -0.492 e. The number of amides is 1. The normalized spacial score (nSPS) is 24.0. The molecule has 30 heavy (non-hydrogen) atoms. The zero-order valence-electron chi connectivity index (χ0n) is 17.7. The second kappa shape index (κ2) is 10.4. The maximum atomic E-state index is 13.1. The number of thiazole rings is 1. The first kappa shape index (κ1) is 21.3. The van der Waals surface area contributed by atoms with E-state index in [0.29, 0.717) is 18.1 Å². The highest BCUT2D eigenvalue weighted by molar-refractivity contribution is 7.09. The number of carbonyl (C=O) groups is 1. The van der Waals surface area contributed by atoms with Gasteiger partial charge in [-0.1, -0.05) is 12.5 Å². The van der Waals surface area contributed by atoms with Crippen LogP contribution in [0.2, 0.25) is 0 Å². The van der Waals surface area contributed by atoms with Crippen molar-refractivity contribution in [3.05, 3.63) is 46.4 Å². The third kappa shape index (κ3) is 5.39. The first-order chi connectivity index (χ1) is 14.7. The molecule has 0 N–H and O–H groups in total. The monoisotopic (exact) mass is 429 g/mol. The lowest BCUT2D eigenvalue weighted by Gasteiger charge is -2.38. The number of aromatic nitrogens is 1. The summed E-state index contributed by atoms with van der Waals surface area (Å²) in [4.78, 5) is 22.0. The van der Waals surface area contributed by atoms with E-state index >= 15 is 0 Å². The van der Waals surface area contributed by atoms with Gasteiger partial charge in [-0.2, -0.15) is 0 Å². The molecular formula is C23H31N3O3S. The van der Waals surface area contributed by atoms with E-state index in [1.54, 1.807) is 18.4 Å². The van der Waals surface area contributed by atoms with Gasteiger partial charge in [0, 0.05) is 49.8 Å². The maximum absolute atomic E-state index is 13.1. The minimum absolute atomic E-state index is 0.0975. The van der Waals surface area contributed by atoms with E-state index in [1.807, 2.05) is 40.7 Å². The molecule has 2 aliphatic heterocycles. The molecular weight excluding hydrogens is 398 g/mol. The molecule has 1 amide bonds. The van der Waals surface area contributed by atoms with E-state index in [0.717, 1.165) is 69.2 Å². The molecule has 1 aromatic heterocycles. The molecule has 1 fully saturated rings. The van der Waals surface area contributed by atoms with Crippen molar-refractivity contribution in [2.45, 2.75) is 38.3 Å². The summed E-state index contributed by atoms with van der Waals surface area (Å²) in [5, 5.41) is 3.17. The van der Waals surface area contributed by atoms with Crippen LogP contribution in [0.1, 0.15) is 41.0 Å². The van der Waals surface area contributed by atoms with Gasteiger partial charge in [0.2, 0.25) is 0 Å². The Morgan fingerprint density at radius 2 is 2.17 bits per heavy atom. The van der Waals surface area contributed by atoms with Crippen LogP contribution in [-0.4, -0.2) is 66.7 Å². The Hall–Kier alpha value is -1.96. The highest BCUT2D eigenvalue weighted by Crippen LogP contribution is 2.27. The summed E-state index contributed by atoms with van der Waals surface area (Å²) in [6, 6.07) is 7.61. The Morgan fingerprint density at radius 1 is 1.23 bits per heavy atom. The van der Waals surface area contributed by atoms with Crippen molar-refractivity contribution in [1.29, 1.82) is 0 Å². The molecule has 0 unspecified atom stereocenters. The quantitative estimate of drug-likeness (QED) is 0.745. The van der Waals surface area contributed by atoms with Crippen molar-refractivity contribution in [2.24, 2.45) is 5.92 Å². The molecule has 2 atom stereocenters. The number of nitrogens with zero attached hydrogens (tertiary/aromatic N) is 3. The number of carbonyl (C=O) groups excluding carboxylic acids is 1. The number of hydrogen-bond acceptors (Lipinski definition) is 6. The Labute approximate surface area is 182 Å². The molecule has 1 saturated heterocycles. The second-order valence-electron chi connectivity index (χ2n) is 8.15. The lowest BCUT2D eigenvalue weighted by molar-refractivity contribution is -0.00676. The van der Waals surface area contributed by atoms with Crippen molar-refractivity contribution < 1.29 is 14.3 Å². The van der Waals surface area contributed by atoms with Crippen LogP contribution in [0.5, 0.6) is 5.75 Å². The van der Waals surface area contributed by atoms with E-state index in [2.05, 4.69) is 9.88 Å². The highest BCUT2D eigenvalue weighted by Gasteiger charge is 2.31. The number of piperidine rings is 1. The molecule has 2 aromatic rings. The molecule has 4 rings (SSSR count). The Morgan fingerprint density at radius 3 is 3.00 bits per heavy atom. The average molecular weight is 430 g/mol. The molecule has 2 aliphatic rings. The molecule has 162 valence electrons. The molecule has 3 heterocycles. The fourth-order valence-corrected chi connectivity index (χ4v) is 5.17. The van der Waals surface area contributed by atoms with E-state index in [9.17, 15) is 4.79 Å². The summed E-state index contributed by atoms with van der Waals surface area (Å²) >= 11 is 1.70. The van der Waals surface area contributed by atoms with Crippen LogP contribution in [-0.2, 0) is 11.3 Å². The Kier molecular flexibility index (Phi) is 7.36. The predicted octanol–water partition coefficient (Wildman–Crippen LogP) is 3.69. The van der Waals surface area contributed by atoms with Crippen LogP contribution < -0.4 is 4.74 Å². The minimum atomic E-state index is 0.0975. The van der Waals surface area contributed by atoms with E-state index < -0.39 is 0 Å². The van der Waals surface area contributed by atoms with Gasteiger partial charge in [0.15, 0.2) is 0 Å². The summed E-state index contributed by atoms with van der Waals surface area (Å²) in [5.74, 6) is 1.25. The van der Waals surface area contributed by atoms with Crippen molar-refractivity contribution in [2.75, 3.05) is 39.9 Å². The summed E-state index contributed by atoms with van der Waals surface area (Å²) < 4.78 is 11.8. The first-order valence-corrected chi connectivity index (χ1v) is 11.8. The van der Waals surface area contributed by atoms with E-state index in [4.69, 9.17) is 9.47 Å². The topological polar surface area (TPSA) is 54.9 Å². The number of methoxy groups -OCH3 is 1. The standard InChI is InChI=1S/C23H31N3O3S/c1-28-21-8-11-26-16-19(21)5-2-3-10-25(17-22-24-9-14-30-22)12-13-29-20-7-4-6-18(15-20)23(26)27/h4,6-7,9,14-15,19,21H,2-3,5,8,10-13,16-17H2,1H3/t19-,21+/m1/s1. The molecule has 1 aromatic carbocycles.